The van der Waals surface area contributed by atoms with Crippen LogP contribution in [0.4, 0.5) is 15.8 Å². The van der Waals surface area contributed by atoms with E-state index >= 15 is 0 Å². The van der Waals surface area contributed by atoms with E-state index in [9.17, 15) is 4.39 Å². The van der Waals surface area contributed by atoms with Gasteiger partial charge in [-0.15, -0.1) is 0 Å². The normalized spacial score (nSPS) is 15.7. The smallest absolute Gasteiger partial charge is 0.161 e. The number of benzene rings is 3. The van der Waals surface area contributed by atoms with Crippen molar-refractivity contribution in [1.29, 1.82) is 0 Å². The maximum atomic E-state index is 13.4. The summed E-state index contributed by atoms with van der Waals surface area (Å²) in [7, 11) is 3.24. The largest absolute Gasteiger partial charge is 0.493 e. The zero-order valence-corrected chi connectivity index (χ0v) is 15.8. The first-order chi connectivity index (χ1) is 13.7. The molecule has 28 heavy (non-hydrogen) atoms. The number of halogens is 1. The van der Waals surface area contributed by atoms with Crippen LogP contribution in [0.15, 0.2) is 71.7 Å². The van der Waals surface area contributed by atoms with E-state index in [1.807, 2.05) is 54.6 Å². The lowest BCUT2D eigenvalue weighted by Gasteiger charge is -2.19. The highest BCUT2D eigenvalue weighted by Crippen LogP contribution is 2.36. The van der Waals surface area contributed by atoms with Crippen LogP contribution in [0.3, 0.4) is 0 Å². The number of fused-ring (bicyclic) bond motifs is 1. The van der Waals surface area contributed by atoms with Crippen LogP contribution in [0.2, 0.25) is 0 Å². The van der Waals surface area contributed by atoms with Gasteiger partial charge < -0.3 is 14.8 Å². The van der Waals surface area contributed by atoms with Gasteiger partial charge in [-0.1, -0.05) is 24.3 Å². The Kier molecular flexibility index (Phi) is 4.98. The van der Waals surface area contributed by atoms with Crippen LogP contribution < -0.4 is 14.8 Å². The van der Waals surface area contributed by atoms with Crippen molar-refractivity contribution >= 4 is 17.1 Å². The molecule has 0 saturated carbocycles. The molecule has 0 aromatic heterocycles. The quantitative estimate of drug-likeness (QED) is 0.652. The number of nitrogens with zero attached hydrogens (tertiary/aromatic N) is 1. The van der Waals surface area contributed by atoms with Gasteiger partial charge in [0, 0.05) is 6.42 Å². The fraction of sp³-hybridized carbons (Fsp3) is 0.174. The Hall–Kier alpha value is -3.34. The zero-order chi connectivity index (χ0) is 19.5. The molecule has 5 heteroatoms. The predicted octanol–water partition coefficient (Wildman–Crippen LogP) is 5.52. The van der Waals surface area contributed by atoms with E-state index in [4.69, 9.17) is 14.5 Å². The second-order valence-corrected chi connectivity index (χ2v) is 6.60. The van der Waals surface area contributed by atoms with Crippen LogP contribution in [0.25, 0.3) is 0 Å². The van der Waals surface area contributed by atoms with Gasteiger partial charge in [0.15, 0.2) is 11.5 Å². The lowest BCUT2D eigenvalue weighted by atomic mass is 9.97. The number of para-hydroxylation sites is 2. The summed E-state index contributed by atoms with van der Waals surface area (Å²) >= 11 is 0. The highest BCUT2D eigenvalue weighted by atomic mass is 19.1. The standard InChI is InChI=1S/C23H21FN2O2/c1-27-22-12-9-16(13-23(22)28-2)21-14-20(15-7-10-17(24)11-8-15)25-18-5-3-4-6-19(18)26-21/h3-13,20,25H,14H2,1-2H3. The minimum absolute atomic E-state index is 0.0314. The molecule has 142 valence electrons. The van der Waals surface area contributed by atoms with Gasteiger partial charge in [0.25, 0.3) is 0 Å². The molecule has 1 aliphatic rings. The molecule has 1 N–H and O–H groups in total. The molecule has 0 fully saturated rings. The average molecular weight is 376 g/mol. The van der Waals surface area contributed by atoms with Crippen LogP contribution in [-0.2, 0) is 0 Å². The number of aliphatic imine (C=N–C) groups is 1. The number of rotatable bonds is 4. The van der Waals surface area contributed by atoms with Crippen molar-refractivity contribution in [1.82, 2.24) is 0 Å². The summed E-state index contributed by atoms with van der Waals surface area (Å²) in [4.78, 5) is 4.92. The summed E-state index contributed by atoms with van der Waals surface area (Å²) in [6.07, 6.45) is 0.649. The van der Waals surface area contributed by atoms with Crippen LogP contribution in [0, 0.1) is 5.82 Å². The summed E-state index contributed by atoms with van der Waals surface area (Å²) in [6, 6.07) is 20.3. The number of anilines is 1. The van der Waals surface area contributed by atoms with E-state index in [-0.39, 0.29) is 11.9 Å². The molecule has 1 atom stereocenters. The Labute approximate surface area is 163 Å². The minimum Gasteiger partial charge on any atom is -0.493 e. The first kappa shape index (κ1) is 18.0. The molecule has 0 bridgehead atoms. The lowest BCUT2D eigenvalue weighted by molar-refractivity contribution is 0.355. The molecule has 0 aliphatic carbocycles. The third-order valence-corrected chi connectivity index (χ3v) is 4.88. The molecule has 0 saturated heterocycles. The van der Waals surface area contributed by atoms with Crippen LogP contribution >= 0.6 is 0 Å². The molecule has 1 unspecified atom stereocenters. The van der Waals surface area contributed by atoms with E-state index in [2.05, 4.69) is 5.32 Å². The monoisotopic (exact) mass is 376 g/mol. The molecule has 1 aliphatic heterocycles. The van der Waals surface area contributed by atoms with E-state index in [1.54, 1.807) is 14.2 Å². The van der Waals surface area contributed by atoms with E-state index in [0.717, 1.165) is 28.2 Å². The van der Waals surface area contributed by atoms with Gasteiger partial charge in [0.05, 0.1) is 37.3 Å². The lowest BCUT2D eigenvalue weighted by Crippen LogP contribution is -2.14. The van der Waals surface area contributed by atoms with Gasteiger partial charge in [0.1, 0.15) is 5.82 Å². The van der Waals surface area contributed by atoms with Crippen molar-refractivity contribution in [3.63, 3.8) is 0 Å². The fourth-order valence-electron chi connectivity index (χ4n) is 3.41. The molecule has 1 heterocycles. The predicted molar refractivity (Wildman–Crippen MR) is 110 cm³/mol. The topological polar surface area (TPSA) is 42.8 Å². The SMILES string of the molecule is COc1ccc(C2=Nc3ccccc3NC(c3ccc(F)cc3)C2)cc1OC. The van der Waals surface area contributed by atoms with Crippen LogP contribution in [0.5, 0.6) is 11.5 Å². The van der Waals surface area contributed by atoms with Crippen molar-refractivity contribution in [3.05, 3.63) is 83.7 Å². The van der Waals surface area contributed by atoms with E-state index < -0.39 is 0 Å². The number of hydrogen-bond acceptors (Lipinski definition) is 4. The number of nitrogens with one attached hydrogen (secondary N) is 1. The first-order valence-corrected chi connectivity index (χ1v) is 9.09. The fourth-order valence-corrected chi connectivity index (χ4v) is 3.41. The molecule has 4 nitrogen and oxygen atoms in total. The summed E-state index contributed by atoms with van der Waals surface area (Å²) in [6.45, 7) is 0. The Morgan fingerprint density at radius 3 is 2.43 bits per heavy atom. The first-order valence-electron chi connectivity index (χ1n) is 9.09. The number of ether oxygens (including phenoxy) is 2. The second-order valence-electron chi connectivity index (χ2n) is 6.60. The summed E-state index contributed by atoms with van der Waals surface area (Å²) < 4.78 is 24.2. The van der Waals surface area contributed by atoms with Gasteiger partial charge in [-0.2, -0.15) is 0 Å². The summed E-state index contributed by atoms with van der Waals surface area (Å²) in [5.74, 6) is 1.09. The Morgan fingerprint density at radius 1 is 0.929 bits per heavy atom. The third-order valence-electron chi connectivity index (χ3n) is 4.88. The maximum Gasteiger partial charge on any atom is 0.161 e. The van der Waals surface area contributed by atoms with Gasteiger partial charge >= 0.3 is 0 Å². The second kappa shape index (κ2) is 7.72. The summed E-state index contributed by atoms with van der Waals surface area (Å²) in [5, 5.41) is 3.55. The van der Waals surface area contributed by atoms with E-state index in [1.165, 1.54) is 12.1 Å². The van der Waals surface area contributed by atoms with Crippen LogP contribution in [-0.4, -0.2) is 19.9 Å². The molecule has 3 aromatic carbocycles. The van der Waals surface area contributed by atoms with Gasteiger partial charge in [0.2, 0.25) is 0 Å². The van der Waals surface area contributed by atoms with Crippen molar-refractivity contribution < 1.29 is 13.9 Å². The van der Waals surface area contributed by atoms with Crippen molar-refractivity contribution in [2.75, 3.05) is 19.5 Å². The van der Waals surface area contributed by atoms with Crippen LogP contribution in [0.1, 0.15) is 23.6 Å². The van der Waals surface area contributed by atoms with Gasteiger partial charge in [-0.3, -0.25) is 4.99 Å². The maximum absolute atomic E-state index is 13.4. The average Bonchev–Trinajstić information content (AvgIpc) is 2.93. The Morgan fingerprint density at radius 2 is 1.68 bits per heavy atom. The highest BCUT2D eigenvalue weighted by molar-refractivity contribution is 6.04. The molecular weight excluding hydrogens is 355 g/mol. The highest BCUT2D eigenvalue weighted by Gasteiger charge is 2.22. The molecular formula is C23H21FN2O2. The number of hydrogen-bond donors (Lipinski definition) is 1. The van der Waals surface area contributed by atoms with Gasteiger partial charge in [-0.25, -0.2) is 4.39 Å². The number of methoxy groups -OCH3 is 2. The van der Waals surface area contributed by atoms with Crippen molar-refractivity contribution in [3.8, 4) is 11.5 Å². The zero-order valence-electron chi connectivity index (χ0n) is 15.8. The Balaban J connectivity index is 1.79. The molecule has 4 rings (SSSR count). The molecule has 0 spiro atoms. The molecule has 3 aromatic rings. The molecule has 0 radical (unpaired) electrons. The van der Waals surface area contributed by atoms with E-state index in [0.29, 0.717) is 17.9 Å². The Bertz CT molecular complexity index is 1020. The van der Waals surface area contributed by atoms with Crippen molar-refractivity contribution in [2.45, 2.75) is 12.5 Å². The van der Waals surface area contributed by atoms with Crippen molar-refractivity contribution in [2.24, 2.45) is 4.99 Å². The molecule has 0 amide bonds. The van der Waals surface area contributed by atoms with Gasteiger partial charge in [-0.05, 0) is 53.6 Å². The summed E-state index contributed by atoms with van der Waals surface area (Å²) in [5.41, 5.74) is 4.71. The third kappa shape index (κ3) is 3.56. The minimum atomic E-state index is -0.244.